The molecule has 150 valence electrons. The molecule has 1 aromatic heterocycles. The third-order valence-corrected chi connectivity index (χ3v) is 5.75. The zero-order valence-corrected chi connectivity index (χ0v) is 17.6. The number of aromatic nitrogens is 2. The van der Waals surface area contributed by atoms with E-state index in [1.807, 2.05) is 59.8 Å². The molecule has 1 amide bonds. The van der Waals surface area contributed by atoms with Gasteiger partial charge in [0, 0.05) is 42.6 Å². The molecule has 2 heterocycles. The van der Waals surface area contributed by atoms with Crippen molar-refractivity contribution >= 4 is 23.2 Å². The van der Waals surface area contributed by atoms with Crippen LogP contribution in [0.4, 0.5) is 5.69 Å². The highest BCUT2D eigenvalue weighted by Gasteiger charge is 2.27. The smallest absolute Gasteiger partial charge is 0.257 e. The maximum absolute atomic E-state index is 13.2. The second kappa shape index (κ2) is 8.29. The molecule has 0 atom stereocenters. The summed E-state index contributed by atoms with van der Waals surface area (Å²) in [7, 11) is 0. The minimum absolute atomic E-state index is 0.0741. The first-order valence-corrected chi connectivity index (χ1v) is 10.3. The summed E-state index contributed by atoms with van der Waals surface area (Å²) in [6, 6.07) is 18.1. The fourth-order valence-electron chi connectivity index (χ4n) is 3.92. The van der Waals surface area contributed by atoms with E-state index in [2.05, 4.69) is 28.2 Å². The van der Waals surface area contributed by atoms with Crippen molar-refractivity contribution in [3.05, 3.63) is 82.1 Å². The van der Waals surface area contributed by atoms with Crippen LogP contribution in [0.15, 0.2) is 54.6 Å². The fourth-order valence-corrected chi connectivity index (χ4v) is 4.10. The third kappa shape index (κ3) is 4.15. The third-order valence-electron chi connectivity index (χ3n) is 5.51. The minimum Gasteiger partial charge on any atom is -0.368 e. The Morgan fingerprint density at radius 3 is 2.41 bits per heavy atom. The lowest BCUT2D eigenvalue weighted by molar-refractivity contribution is 0.0745. The highest BCUT2D eigenvalue weighted by Crippen LogP contribution is 2.22. The first-order chi connectivity index (χ1) is 14.0. The topological polar surface area (TPSA) is 41.4 Å². The molecule has 1 fully saturated rings. The lowest BCUT2D eigenvalue weighted by Crippen LogP contribution is -2.49. The van der Waals surface area contributed by atoms with Crippen LogP contribution >= 0.6 is 11.6 Å². The van der Waals surface area contributed by atoms with Crippen LogP contribution in [0.25, 0.3) is 0 Å². The predicted molar refractivity (Wildman–Crippen MR) is 117 cm³/mol. The van der Waals surface area contributed by atoms with E-state index >= 15 is 0 Å². The highest BCUT2D eigenvalue weighted by atomic mass is 35.5. The van der Waals surface area contributed by atoms with Crippen LogP contribution in [0.5, 0.6) is 0 Å². The van der Waals surface area contributed by atoms with Crippen molar-refractivity contribution in [1.29, 1.82) is 0 Å². The molecule has 0 N–H and O–H groups in total. The first kappa shape index (κ1) is 19.5. The van der Waals surface area contributed by atoms with Crippen LogP contribution in [-0.4, -0.2) is 46.8 Å². The number of hydrogen-bond acceptors (Lipinski definition) is 3. The van der Waals surface area contributed by atoms with Crippen molar-refractivity contribution < 1.29 is 4.79 Å². The number of hydrogen-bond donors (Lipinski definition) is 0. The molecule has 1 aliphatic heterocycles. The van der Waals surface area contributed by atoms with E-state index in [9.17, 15) is 4.79 Å². The highest BCUT2D eigenvalue weighted by molar-refractivity contribution is 6.30. The lowest BCUT2D eigenvalue weighted by atomic mass is 10.1. The summed E-state index contributed by atoms with van der Waals surface area (Å²) in [5, 5.41) is 5.37. The Labute approximate surface area is 176 Å². The zero-order valence-electron chi connectivity index (χ0n) is 16.8. The molecule has 0 bridgehead atoms. The van der Waals surface area contributed by atoms with Gasteiger partial charge in [0.1, 0.15) is 0 Å². The van der Waals surface area contributed by atoms with Gasteiger partial charge in [-0.3, -0.25) is 9.48 Å². The molecule has 5 nitrogen and oxygen atoms in total. The maximum Gasteiger partial charge on any atom is 0.257 e. The molecule has 29 heavy (non-hydrogen) atoms. The van der Waals surface area contributed by atoms with Crippen LogP contribution in [0.1, 0.15) is 27.3 Å². The number of carbonyl (C=O) groups excluding carboxylic acids is 1. The van der Waals surface area contributed by atoms with Crippen molar-refractivity contribution in [3.8, 4) is 0 Å². The molecule has 0 unspecified atom stereocenters. The standard InChI is InChI=1S/C23H25ClN4O/c1-17-22(18(2)28(25-17)16-19-7-4-3-5-8-19)23(29)27-13-11-26(12-14-27)21-10-6-9-20(24)15-21/h3-10,15H,11-14,16H2,1-2H3. The van der Waals surface area contributed by atoms with E-state index in [-0.39, 0.29) is 5.91 Å². The summed E-state index contributed by atoms with van der Waals surface area (Å²) >= 11 is 6.12. The molecule has 0 aliphatic carbocycles. The van der Waals surface area contributed by atoms with Crippen molar-refractivity contribution in [2.24, 2.45) is 0 Å². The van der Waals surface area contributed by atoms with Crippen molar-refractivity contribution in [1.82, 2.24) is 14.7 Å². The second-order valence-electron chi connectivity index (χ2n) is 7.45. The van der Waals surface area contributed by atoms with Gasteiger partial charge < -0.3 is 9.80 Å². The van der Waals surface area contributed by atoms with E-state index in [1.165, 1.54) is 5.56 Å². The normalized spacial score (nSPS) is 14.3. The van der Waals surface area contributed by atoms with Gasteiger partial charge in [-0.2, -0.15) is 5.10 Å². The number of carbonyl (C=O) groups is 1. The van der Waals surface area contributed by atoms with Crippen molar-refractivity contribution in [2.45, 2.75) is 20.4 Å². The van der Waals surface area contributed by atoms with Crippen LogP contribution in [0, 0.1) is 13.8 Å². The first-order valence-electron chi connectivity index (χ1n) is 9.90. The number of anilines is 1. The summed E-state index contributed by atoms with van der Waals surface area (Å²) in [6.45, 7) is 7.54. The minimum atomic E-state index is 0.0741. The summed E-state index contributed by atoms with van der Waals surface area (Å²) in [5.74, 6) is 0.0741. The Morgan fingerprint density at radius 2 is 1.72 bits per heavy atom. The molecule has 0 radical (unpaired) electrons. The maximum atomic E-state index is 13.2. The monoisotopic (exact) mass is 408 g/mol. The van der Waals surface area contributed by atoms with Crippen molar-refractivity contribution in [3.63, 3.8) is 0 Å². The Morgan fingerprint density at radius 1 is 1.00 bits per heavy atom. The largest absolute Gasteiger partial charge is 0.368 e. The zero-order chi connectivity index (χ0) is 20.4. The SMILES string of the molecule is Cc1nn(Cc2ccccc2)c(C)c1C(=O)N1CCN(c2cccc(Cl)c2)CC1. The van der Waals surface area contributed by atoms with Gasteiger partial charge in [0.05, 0.1) is 17.8 Å². The van der Waals surface area contributed by atoms with Gasteiger partial charge in [0.25, 0.3) is 5.91 Å². The molecule has 3 aromatic rings. The summed E-state index contributed by atoms with van der Waals surface area (Å²) < 4.78 is 1.93. The van der Waals surface area contributed by atoms with Crippen LogP contribution in [0.3, 0.4) is 0 Å². The molecule has 1 saturated heterocycles. The molecule has 1 aliphatic rings. The fraction of sp³-hybridized carbons (Fsp3) is 0.304. The van der Waals surface area contributed by atoms with Crippen LogP contribution in [0.2, 0.25) is 5.02 Å². The van der Waals surface area contributed by atoms with E-state index in [4.69, 9.17) is 11.6 Å². The molecule has 6 heteroatoms. The number of aryl methyl sites for hydroxylation is 1. The summed E-state index contributed by atoms with van der Waals surface area (Å²) in [4.78, 5) is 17.4. The number of rotatable bonds is 4. The quantitative estimate of drug-likeness (QED) is 0.650. The summed E-state index contributed by atoms with van der Waals surface area (Å²) in [6.07, 6.45) is 0. The number of benzene rings is 2. The second-order valence-corrected chi connectivity index (χ2v) is 7.88. The number of nitrogens with zero attached hydrogens (tertiary/aromatic N) is 4. The molecular formula is C23H25ClN4O. The van der Waals surface area contributed by atoms with E-state index in [0.29, 0.717) is 19.6 Å². The van der Waals surface area contributed by atoms with Gasteiger partial charge in [-0.1, -0.05) is 48.0 Å². The van der Waals surface area contributed by atoms with Gasteiger partial charge in [0.15, 0.2) is 0 Å². The van der Waals surface area contributed by atoms with Gasteiger partial charge in [-0.25, -0.2) is 0 Å². The van der Waals surface area contributed by atoms with Gasteiger partial charge in [-0.05, 0) is 37.6 Å². The molecular weight excluding hydrogens is 384 g/mol. The van der Waals surface area contributed by atoms with Gasteiger partial charge >= 0.3 is 0 Å². The Bertz CT molecular complexity index is 1010. The van der Waals surface area contributed by atoms with E-state index in [0.717, 1.165) is 40.8 Å². The van der Waals surface area contributed by atoms with E-state index in [1.54, 1.807) is 0 Å². The Hall–Kier alpha value is -2.79. The van der Waals surface area contributed by atoms with Crippen molar-refractivity contribution in [2.75, 3.05) is 31.1 Å². The molecule has 4 rings (SSSR count). The number of amides is 1. The van der Waals surface area contributed by atoms with Crippen LogP contribution in [-0.2, 0) is 6.54 Å². The summed E-state index contributed by atoms with van der Waals surface area (Å²) in [5.41, 5.74) is 4.73. The predicted octanol–water partition coefficient (Wildman–Crippen LogP) is 4.16. The molecule has 2 aromatic carbocycles. The Balaban J connectivity index is 1.46. The molecule has 0 spiro atoms. The van der Waals surface area contributed by atoms with Gasteiger partial charge in [0.2, 0.25) is 0 Å². The van der Waals surface area contributed by atoms with Gasteiger partial charge in [-0.15, -0.1) is 0 Å². The Kier molecular flexibility index (Phi) is 5.58. The number of halogens is 1. The van der Waals surface area contributed by atoms with Crippen LogP contribution < -0.4 is 4.90 Å². The average molecular weight is 409 g/mol. The van der Waals surface area contributed by atoms with E-state index < -0.39 is 0 Å². The lowest BCUT2D eigenvalue weighted by Gasteiger charge is -2.36. The average Bonchev–Trinajstić information content (AvgIpc) is 3.01. The molecule has 0 saturated carbocycles. The number of piperazine rings is 1.